The molecule has 2 saturated heterocycles. The van der Waals surface area contributed by atoms with Crippen LogP contribution in [0.25, 0.3) is 0 Å². The molecule has 1 unspecified atom stereocenters. The highest BCUT2D eigenvalue weighted by Gasteiger charge is 2.29. The average Bonchev–Trinajstić information content (AvgIpc) is 2.91. The zero-order valence-electron chi connectivity index (χ0n) is 21.4. The van der Waals surface area contributed by atoms with Gasteiger partial charge in [-0.2, -0.15) is 0 Å². The van der Waals surface area contributed by atoms with E-state index in [1.165, 1.54) is 25.8 Å². The lowest BCUT2D eigenvalue weighted by Crippen LogP contribution is -2.54. The number of carbonyl (C=O) groups excluding carboxylic acids is 1. The number of nitrogens with zero attached hydrogens (tertiary/aromatic N) is 3. The summed E-state index contributed by atoms with van der Waals surface area (Å²) in [5, 5.41) is 0. The van der Waals surface area contributed by atoms with Gasteiger partial charge in [-0.15, -0.1) is 0 Å². The molecular formula is C28H39N3O4. The summed E-state index contributed by atoms with van der Waals surface area (Å²) in [6.45, 7) is 6.09. The van der Waals surface area contributed by atoms with Crippen molar-refractivity contribution in [3.8, 4) is 17.2 Å². The van der Waals surface area contributed by atoms with E-state index in [9.17, 15) is 4.79 Å². The summed E-state index contributed by atoms with van der Waals surface area (Å²) in [7, 11) is 4.77. The summed E-state index contributed by atoms with van der Waals surface area (Å²) >= 11 is 0. The molecule has 0 N–H and O–H groups in total. The number of rotatable bonds is 10. The molecule has 7 nitrogen and oxygen atoms in total. The van der Waals surface area contributed by atoms with Crippen molar-refractivity contribution in [1.82, 2.24) is 9.80 Å². The summed E-state index contributed by atoms with van der Waals surface area (Å²) < 4.78 is 16.6. The Labute approximate surface area is 209 Å². The van der Waals surface area contributed by atoms with Crippen LogP contribution >= 0.6 is 0 Å². The first-order valence-corrected chi connectivity index (χ1v) is 12.7. The number of ether oxygens (including phenoxy) is 3. The van der Waals surface area contributed by atoms with E-state index in [2.05, 4.69) is 9.80 Å². The second-order valence-corrected chi connectivity index (χ2v) is 9.44. The fourth-order valence-corrected chi connectivity index (χ4v) is 5.32. The predicted octanol–water partition coefficient (Wildman–Crippen LogP) is 4.20. The number of piperazine rings is 1. The van der Waals surface area contributed by atoms with Gasteiger partial charge in [0, 0.05) is 44.2 Å². The molecule has 7 heteroatoms. The van der Waals surface area contributed by atoms with Gasteiger partial charge in [-0.1, -0.05) is 36.8 Å². The molecule has 4 rings (SSSR count). The number of piperidine rings is 1. The maximum Gasteiger partial charge on any atom is 0.227 e. The maximum absolute atomic E-state index is 13.6. The second-order valence-electron chi connectivity index (χ2n) is 9.44. The van der Waals surface area contributed by atoms with E-state index in [1.54, 1.807) is 21.3 Å². The highest BCUT2D eigenvalue weighted by molar-refractivity contribution is 5.94. The monoisotopic (exact) mass is 481 g/mol. The number of methoxy groups -OCH3 is 3. The van der Waals surface area contributed by atoms with Crippen LogP contribution < -0.4 is 19.1 Å². The largest absolute Gasteiger partial charge is 0.493 e. The third-order valence-corrected chi connectivity index (χ3v) is 7.23. The number of anilines is 1. The molecule has 2 aliphatic heterocycles. The Morgan fingerprint density at radius 2 is 1.71 bits per heavy atom. The molecule has 0 saturated carbocycles. The first-order valence-electron chi connectivity index (χ1n) is 12.7. The highest BCUT2D eigenvalue weighted by atomic mass is 16.5. The first-order chi connectivity index (χ1) is 17.1. The summed E-state index contributed by atoms with van der Waals surface area (Å²) in [5.41, 5.74) is 1.81. The molecule has 0 aromatic heterocycles. The number of hydrogen-bond acceptors (Lipinski definition) is 6. The summed E-state index contributed by atoms with van der Waals surface area (Å²) in [6.07, 6.45) is 5.33. The number of hydrogen-bond donors (Lipinski definition) is 0. The molecule has 2 aliphatic rings. The van der Waals surface area contributed by atoms with Gasteiger partial charge in [0.1, 0.15) is 0 Å². The van der Waals surface area contributed by atoms with Crippen molar-refractivity contribution < 1.29 is 19.0 Å². The van der Waals surface area contributed by atoms with E-state index in [1.807, 2.05) is 47.4 Å². The van der Waals surface area contributed by atoms with Crippen LogP contribution in [0.3, 0.4) is 0 Å². The first kappa shape index (κ1) is 25.3. The minimum atomic E-state index is 0.0967. The van der Waals surface area contributed by atoms with Crippen molar-refractivity contribution in [3.05, 3.63) is 48.0 Å². The van der Waals surface area contributed by atoms with E-state index in [0.29, 0.717) is 36.3 Å². The van der Waals surface area contributed by atoms with Crippen molar-refractivity contribution in [3.63, 3.8) is 0 Å². The molecule has 2 heterocycles. The highest BCUT2D eigenvalue weighted by Crippen LogP contribution is 2.41. The second kappa shape index (κ2) is 12.3. The lowest BCUT2D eigenvalue weighted by molar-refractivity contribution is -0.119. The molecule has 0 aliphatic carbocycles. The minimum Gasteiger partial charge on any atom is -0.493 e. The van der Waals surface area contributed by atoms with Gasteiger partial charge in [-0.05, 0) is 37.9 Å². The number of benzene rings is 2. The Morgan fingerprint density at radius 3 is 2.40 bits per heavy atom. The van der Waals surface area contributed by atoms with E-state index >= 15 is 0 Å². The maximum atomic E-state index is 13.6. The molecule has 0 radical (unpaired) electrons. The van der Waals surface area contributed by atoms with Gasteiger partial charge >= 0.3 is 0 Å². The molecule has 2 aromatic carbocycles. The summed E-state index contributed by atoms with van der Waals surface area (Å²) in [6, 6.07) is 14.5. The van der Waals surface area contributed by atoms with Crippen molar-refractivity contribution in [2.24, 2.45) is 0 Å². The molecule has 35 heavy (non-hydrogen) atoms. The molecule has 2 aromatic rings. The SMILES string of the molecule is COc1cc(N(Cc2ccccc2)C(=O)CCCN2CCN3CCCCC3C2)cc(OC)c1OC. The number of carbonyl (C=O) groups is 1. The van der Waals surface area contributed by atoms with Crippen LogP contribution in [0.5, 0.6) is 17.2 Å². The Balaban J connectivity index is 1.46. The van der Waals surface area contributed by atoms with Crippen LogP contribution in [0, 0.1) is 0 Å². The van der Waals surface area contributed by atoms with E-state index in [4.69, 9.17) is 14.2 Å². The normalized spacial score (nSPS) is 18.5. The third-order valence-electron chi connectivity index (χ3n) is 7.23. The van der Waals surface area contributed by atoms with Crippen LogP contribution in [-0.4, -0.2) is 75.8 Å². The van der Waals surface area contributed by atoms with Gasteiger partial charge in [0.25, 0.3) is 0 Å². The van der Waals surface area contributed by atoms with Gasteiger partial charge in [0.05, 0.1) is 33.6 Å². The summed E-state index contributed by atoms with van der Waals surface area (Å²) in [4.78, 5) is 20.6. The van der Waals surface area contributed by atoms with Crippen LogP contribution in [0.15, 0.2) is 42.5 Å². The Hall–Kier alpha value is -2.77. The predicted molar refractivity (Wildman–Crippen MR) is 139 cm³/mol. The van der Waals surface area contributed by atoms with Crippen molar-refractivity contribution >= 4 is 11.6 Å². The van der Waals surface area contributed by atoms with Crippen molar-refractivity contribution in [1.29, 1.82) is 0 Å². The van der Waals surface area contributed by atoms with Crippen molar-refractivity contribution in [2.45, 2.75) is 44.7 Å². The van der Waals surface area contributed by atoms with Crippen LogP contribution in [0.1, 0.15) is 37.7 Å². The fraction of sp³-hybridized carbons (Fsp3) is 0.536. The third kappa shape index (κ3) is 6.27. The quantitative estimate of drug-likeness (QED) is 0.507. The fourth-order valence-electron chi connectivity index (χ4n) is 5.32. The average molecular weight is 482 g/mol. The Bertz CT molecular complexity index is 943. The lowest BCUT2D eigenvalue weighted by Gasteiger charge is -2.44. The van der Waals surface area contributed by atoms with Gasteiger partial charge in [-0.25, -0.2) is 0 Å². The van der Waals surface area contributed by atoms with E-state index in [0.717, 1.165) is 43.9 Å². The topological polar surface area (TPSA) is 54.5 Å². The molecular weight excluding hydrogens is 442 g/mol. The molecule has 1 amide bonds. The minimum absolute atomic E-state index is 0.0967. The number of amides is 1. The van der Waals surface area contributed by atoms with Gasteiger partial charge in [-0.3, -0.25) is 9.69 Å². The van der Waals surface area contributed by atoms with Crippen molar-refractivity contribution in [2.75, 3.05) is 59.0 Å². The van der Waals surface area contributed by atoms with Crippen LogP contribution in [0.4, 0.5) is 5.69 Å². The summed E-state index contributed by atoms with van der Waals surface area (Å²) in [5.74, 6) is 1.70. The Kier molecular flexibility index (Phi) is 8.88. The molecule has 190 valence electrons. The molecule has 2 fully saturated rings. The van der Waals surface area contributed by atoms with Crippen LogP contribution in [-0.2, 0) is 11.3 Å². The standard InChI is InChI=1S/C28H39N3O4/c1-33-25-18-24(19-26(34-2)28(25)35-3)31(20-22-10-5-4-6-11-22)27(32)13-9-14-29-16-17-30-15-8-7-12-23(30)21-29/h4-6,10-11,18-19,23H,7-9,12-17,20-21H2,1-3H3. The zero-order chi connectivity index (χ0) is 24.6. The zero-order valence-corrected chi connectivity index (χ0v) is 21.4. The van der Waals surface area contributed by atoms with Gasteiger partial charge in [0.15, 0.2) is 11.5 Å². The molecule has 1 atom stereocenters. The molecule has 0 spiro atoms. The molecule has 0 bridgehead atoms. The van der Waals surface area contributed by atoms with Crippen LogP contribution in [0.2, 0.25) is 0 Å². The van der Waals surface area contributed by atoms with Gasteiger partial charge < -0.3 is 24.0 Å². The Morgan fingerprint density at radius 1 is 0.971 bits per heavy atom. The van der Waals surface area contributed by atoms with E-state index in [-0.39, 0.29) is 5.91 Å². The van der Waals surface area contributed by atoms with E-state index < -0.39 is 0 Å². The number of fused-ring (bicyclic) bond motifs is 1. The smallest absolute Gasteiger partial charge is 0.227 e. The lowest BCUT2D eigenvalue weighted by atomic mass is 9.99. The van der Waals surface area contributed by atoms with Gasteiger partial charge in [0.2, 0.25) is 11.7 Å².